The van der Waals surface area contributed by atoms with Crippen LogP contribution in [0.1, 0.15) is 29.6 Å². The van der Waals surface area contributed by atoms with E-state index in [0.717, 1.165) is 35.2 Å². The number of nitrogens with two attached hydrogens (primary N) is 1. The van der Waals surface area contributed by atoms with Crippen molar-refractivity contribution < 1.29 is 0 Å². The van der Waals surface area contributed by atoms with Crippen LogP contribution in [0.2, 0.25) is 5.02 Å². The molecule has 8 heteroatoms. The van der Waals surface area contributed by atoms with E-state index >= 15 is 0 Å². The average molecular weight is 419 g/mol. The summed E-state index contributed by atoms with van der Waals surface area (Å²) in [5.41, 5.74) is 7.89. The molecule has 0 spiro atoms. The van der Waals surface area contributed by atoms with Crippen LogP contribution in [0, 0.1) is 5.92 Å². The number of halogens is 1. The first-order valence-electron chi connectivity index (χ1n) is 8.75. The summed E-state index contributed by atoms with van der Waals surface area (Å²) in [6.45, 7) is 2.26. The van der Waals surface area contributed by atoms with Gasteiger partial charge >= 0.3 is 0 Å². The molecule has 0 amide bonds. The fourth-order valence-corrected chi connectivity index (χ4v) is 5.40. The molecule has 0 aliphatic heterocycles. The second kappa shape index (κ2) is 7.66. The minimum absolute atomic E-state index is 0.0455. The molecule has 5 nitrogen and oxygen atoms in total. The highest BCUT2D eigenvalue weighted by molar-refractivity contribution is 8.13. The first-order chi connectivity index (χ1) is 13.0. The van der Waals surface area contributed by atoms with Crippen LogP contribution in [0.25, 0.3) is 10.2 Å². The highest BCUT2D eigenvalue weighted by atomic mass is 35.5. The van der Waals surface area contributed by atoms with Gasteiger partial charge in [0, 0.05) is 9.90 Å². The van der Waals surface area contributed by atoms with Crippen molar-refractivity contribution >= 4 is 55.8 Å². The van der Waals surface area contributed by atoms with Crippen molar-refractivity contribution in [1.82, 2.24) is 9.97 Å². The summed E-state index contributed by atoms with van der Waals surface area (Å²) in [7, 11) is 0. The van der Waals surface area contributed by atoms with Gasteiger partial charge in [-0.05, 0) is 55.0 Å². The zero-order valence-electron chi connectivity index (χ0n) is 14.8. The number of amidine groups is 1. The molecular weight excluding hydrogens is 400 g/mol. The summed E-state index contributed by atoms with van der Waals surface area (Å²) in [6.07, 6.45) is 3.14. The van der Waals surface area contributed by atoms with Gasteiger partial charge in [-0.1, -0.05) is 30.3 Å². The second-order valence-electron chi connectivity index (χ2n) is 6.76. The van der Waals surface area contributed by atoms with Gasteiger partial charge in [-0.25, -0.2) is 9.98 Å². The van der Waals surface area contributed by atoms with Crippen LogP contribution in [0.15, 0.2) is 34.1 Å². The molecule has 0 unspecified atom stereocenters. The average Bonchev–Trinajstić information content (AvgIpc) is 2.99. The molecule has 1 aliphatic carbocycles. The van der Waals surface area contributed by atoms with Crippen molar-refractivity contribution in [2.75, 3.05) is 0 Å². The minimum atomic E-state index is -0.0455. The highest BCUT2D eigenvalue weighted by Crippen LogP contribution is 2.35. The summed E-state index contributed by atoms with van der Waals surface area (Å²) in [5.74, 6) is 1.76. The molecule has 0 fully saturated rings. The van der Waals surface area contributed by atoms with Gasteiger partial charge < -0.3 is 10.7 Å². The molecule has 2 heterocycles. The number of hydrogen-bond donors (Lipinski definition) is 2. The predicted octanol–water partition coefficient (Wildman–Crippen LogP) is 4.64. The van der Waals surface area contributed by atoms with Gasteiger partial charge in [0.1, 0.15) is 10.7 Å². The van der Waals surface area contributed by atoms with Crippen molar-refractivity contribution in [1.29, 1.82) is 0 Å². The quantitative estimate of drug-likeness (QED) is 0.479. The molecule has 140 valence electrons. The number of nitrogens with one attached hydrogen (secondary N) is 1. The van der Waals surface area contributed by atoms with E-state index in [1.807, 2.05) is 0 Å². The lowest BCUT2D eigenvalue weighted by molar-refractivity contribution is 0.509. The van der Waals surface area contributed by atoms with E-state index < -0.39 is 0 Å². The molecule has 3 aromatic rings. The van der Waals surface area contributed by atoms with Crippen LogP contribution in [0.3, 0.4) is 0 Å². The van der Waals surface area contributed by atoms with Crippen molar-refractivity contribution in [3.05, 3.63) is 55.9 Å². The Morgan fingerprint density at radius 1 is 1.44 bits per heavy atom. The van der Waals surface area contributed by atoms with Crippen LogP contribution in [0.5, 0.6) is 0 Å². The minimum Gasteiger partial charge on any atom is -0.378 e. The molecule has 1 aliphatic rings. The third kappa shape index (κ3) is 4.05. The lowest BCUT2D eigenvalue weighted by Gasteiger charge is -2.17. The van der Waals surface area contributed by atoms with Crippen molar-refractivity contribution in [3.63, 3.8) is 0 Å². The monoisotopic (exact) mass is 418 g/mol. The lowest BCUT2D eigenvalue weighted by atomic mass is 9.89. The van der Waals surface area contributed by atoms with Crippen LogP contribution in [0.4, 0.5) is 5.69 Å². The SMILES string of the molecule is C[C@@H]1CCc2c(sc3nc(CSC(N)=Nc4ccc(Cl)cc4)[nH]c(=O)c23)C1. The Balaban J connectivity index is 1.54. The van der Waals surface area contributed by atoms with Gasteiger partial charge in [-0.3, -0.25) is 4.79 Å². The number of H-pyrrole nitrogens is 1. The number of aromatic amines is 1. The van der Waals surface area contributed by atoms with Gasteiger partial charge in [0.25, 0.3) is 5.56 Å². The van der Waals surface area contributed by atoms with Gasteiger partial charge in [-0.15, -0.1) is 11.3 Å². The maximum atomic E-state index is 12.6. The number of benzene rings is 1. The Hall–Kier alpha value is -1.83. The first-order valence-corrected chi connectivity index (χ1v) is 10.9. The number of fused-ring (bicyclic) bond motifs is 3. The number of thioether (sulfide) groups is 1. The third-order valence-electron chi connectivity index (χ3n) is 4.64. The van der Waals surface area contributed by atoms with E-state index in [0.29, 0.717) is 27.7 Å². The normalized spacial score (nSPS) is 17.3. The number of aryl methyl sites for hydroxylation is 1. The third-order valence-corrected chi connectivity index (χ3v) is 6.84. The number of hydrogen-bond acceptors (Lipinski definition) is 5. The standard InChI is InChI=1S/C19H19ClN4OS2/c1-10-2-7-13-14(8-10)27-18-16(13)17(25)23-15(24-18)9-26-19(21)22-12-5-3-11(20)4-6-12/h3-6,10H,2,7-9H2,1H3,(H2,21,22)(H,23,24,25)/t10-/m1/s1. The zero-order valence-corrected chi connectivity index (χ0v) is 17.2. The largest absolute Gasteiger partial charge is 0.378 e. The lowest BCUT2D eigenvalue weighted by Crippen LogP contribution is -2.15. The van der Waals surface area contributed by atoms with Crippen molar-refractivity contribution in [3.8, 4) is 0 Å². The van der Waals surface area contributed by atoms with Crippen LogP contribution >= 0.6 is 34.7 Å². The number of thiophene rings is 1. The molecular formula is C19H19ClN4OS2. The van der Waals surface area contributed by atoms with Gasteiger partial charge in [0.2, 0.25) is 0 Å². The Kier molecular flexibility index (Phi) is 5.25. The number of aromatic nitrogens is 2. The van der Waals surface area contributed by atoms with E-state index in [9.17, 15) is 4.79 Å². The molecule has 0 saturated heterocycles. The summed E-state index contributed by atoms with van der Waals surface area (Å²) in [5, 5.41) is 1.85. The Labute approximate surface area is 170 Å². The van der Waals surface area contributed by atoms with Crippen molar-refractivity contribution in [2.45, 2.75) is 31.9 Å². The Morgan fingerprint density at radius 2 is 2.22 bits per heavy atom. The molecule has 1 atom stereocenters. The predicted molar refractivity (Wildman–Crippen MR) is 115 cm³/mol. The Morgan fingerprint density at radius 3 is 3.00 bits per heavy atom. The molecule has 27 heavy (non-hydrogen) atoms. The van der Waals surface area contributed by atoms with Crippen molar-refractivity contribution in [2.24, 2.45) is 16.6 Å². The summed E-state index contributed by atoms with van der Waals surface area (Å²) < 4.78 is 0. The highest BCUT2D eigenvalue weighted by Gasteiger charge is 2.23. The molecule has 0 saturated carbocycles. The van der Waals surface area contributed by atoms with E-state index in [1.165, 1.54) is 22.2 Å². The fraction of sp³-hybridized carbons (Fsp3) is 0.316. The molecule has 3 N–H and O–H groups in total. The molecule has 4 rings (SSSR count). The van der Waals surface area contributed by atoms with E-state index in [2.05, 4.69) is 21.9 Å². The van der Waals surface area contributed by atoms with Gasteiger partial charge in [0.05, 0.1) is 16.8 Å². The number of rotatable bonds is 3. The van der Waals surface area contributed by atoms with E-state index in [4.69, 9.17) is 17.3 Å². The van der Waals surface area contributed by atoms with Crippen LogP contribution in [-0.4, -0.2) is 15.1 Å². The zero-order chi connectivity index (χ0) is 19.0. The maximum Gasteiger partial charge on any atom is 0.259 e. The molecule has 1 aromatic carbocycles. The second-order valence-corrected chi connectivity index (χ2v) is 9.28. The Bertz CT molecular complexity index is 1070. The fourth-order valence-electron chi connectivity index (χ4n) is 3.28. The molecule has 2 aromatic heterocycles. The summed E-state index contributed by atoms with van der Waals surface area (Å²) >= 11 is 8.88. The van der Waals surface area contributed by atoms with Gasteiger partial charge in [-0.2, -0.15) is 0 Å². The molecule has 0 radical (unpaired) electrons. The van der Waals surface area contributed by atoms with Crippen LogP contribution < -0.4 is 11.3 Å². The summed E-state index contributed by atoms with van der Waals surface area (Å²) in [4.78, 5) is 26.7. The number of nitrogens with zero attached hydrogens (tertiary/aromatic N) is 2. The number of aliphatic imine (C=N–C) groups is 1. The summed E-state index contributed by atoms with van der Waals surface area (Å²) in [6, 6.07) is 7.15. The smallest absolute Gasteiger partial charge is 0.259 e. The van der Waals surface area contributed by atoms with Crippen LogP contribution in [-0.2, 0) is 18.6 Å². The maximum absolute atomic E-state index is 12.6. The van der Waals surface area contributed by atoms with E-state index in [1.54, 1.807) is 35.6 Å². The topological polar surface area (TPSA) is 84.1 Å². The molecule has 0 bridgehead atoms. The first kappa shape index (κ1) is 18.5. The van der Waals surface area contributed by atoms with E-state index in [-0.39, 0.29) is 5.56 Å². The van der Waals surface area contributed by atoms with Gasteiger partial charge in [0.15, 0.2) is 5.17 Å².